The molecule has 13 heteroatoms. The van der Waals surface area contributed by atoms with E-state index in [1.54, 1.807) is 44.2 Å². The van der Waals surface area contributed by atoms with Gasteiger partial charge in [0.15, 0.2) is 18.5 Å². The van der Waals surface area contributed by atoms with E-state index in [1.807, 2.05) is 0 Å². The summed E-state index contributed by atoms with van der Waals surface area (Å²) in [5, 5.41) is 21.8. The number of carbonyl (C=O) groups is 1. The number of rotatable bonds is 9. The Balaban J connectivity index is 1.58. The van der Waals surface area contributed by atoms with Crippen LogP contribution in [0, 0.1) is 13.8 Å². The molecule has 0 spiro atoms. The van der Waals surface area contributed by atoms with Crippen LogP contribution in [0.4, 0.5) is 0 Å². The molecule has 0 unspecified atom stereocenters. The van der Waals surface area contributed by atoms with Gasteiger partial charge < -0.3 is 19.7 Å². The molecule has 11 nitrogen and oxygen atoms in total. The molecule has 1 heterocycles. The molecule has 0 saturated carbocycles. The maximum absolute atomic E-state index is 13.0. The van der Waals surface area contributed by atoms with Crippen LogP contribution in [0.25, 0.3) is 0 Å². The fraction of sp³-hybridized carbons (Fsp3) is 0.296. The van der Waals surface area contributed by atoms with Crippen molar-refractivity contribution < 1.29 is 49.7 Å². The average molecular weight is 593 g/mol. The largest absolute Gasteiger partial charge is 0.453 e. The molecular formula is C27H28O11S2. The van der Waals surface area contributed by atoms with E-state index >= 15 is 0 Å². The fourth-order valence-electron chi connectivity index (χ4n) is 3.88. The van der Waals surface area contributed by atoms with Crippen LogP contribution in [-0.4, -0.2) is 70.3 Å². The highest BCUT2D eigenvalue weighted by Gasteiger charge is 2.50. The van der Waals surface area contributed by atoms with Crippen LogP contribution in [0.1, 0.15) is 21.5 Å². The number of carbonyl (C=O) groups excluding carboxylic acids is 1. The van der Waals surface area contributed by atoms with E-state index in [2.05, 4.69) is 0 Å². The molecule has 40 heavy (non-hydrogen) atoms. The van der Waals surface area contributed by atoms with Gasteiger partial charge in [-0.1, -0.05) is 53.6 Å². The van der Waals surface area contributed by atoms with Crippen LogP contribution in [0.2, 0.25) is 0 Å². The predicted octanol–water partition coefficient (Wildman–Crippen LogP) is 2.09. The van der Waals surface area contributed by atoms with Gasteiger partial charge in [0, 0.05) is 0 Å². The molecule has 5 atom stereocenters. The molecule has 2 N–H and O–H groups in total. The molecule has 3 aromatic carbocycles. The van der Waals surface area contributed by atoms with E-state index in [-0.39, 0.29) is 15.4 Å². The first-order chi connectivity index (χ1) is 18.9. The Kier molecular flexibility index (Phi) is 9.05. The summed E-state index contributed by atoms with van der Waals surface area (Å²) in [5.41, 5.74) is 1.68. The molecule has 0 amide bonds. The highest BCUT2D eigenvalue weighted by molar-refractivity contribution is 7.87. The van der Waals surface area contributed by atoms with E-state index in [0.29, 0.717) is 0 Å². The van der Waals surface area contributed by atoms with Crippen LogP contribution >= 0.6 is 0 Å². The first kappa shape index (κ1) is 29.8. The molecule has 214 valence electrons. The number of aliphatic hydroxyl groups excluding tert-OH is 2. The first-order valence-corrected chi connectivity index (χ1v) is 14.9. The summed E-state index contributed by atoms with van der Waals surface area (Å²) in [4.78, 5) is 12.4. The van der Waals surface area contributed by atoms with Gasteiger partial charge in [-0.3, -0.25) is 8.37 Å². The van der Waals surface area contributed by atoms with Gasteiger partial charge in [-0.2, -0.15) is 16.8 Å². The lowest BCUT2D eigenvalue weighted by atomic mass is 9.99. The molecule has 1 fully saturated rings. The third-order valence-corrected chi connectivity index (χ3v) is 8.75. The topological polar surface area (TPSA) is 163 Å². The van der Waals surface area contributed by atoms with Gasteiger partial charge in [0.2, 0.25) is 0 Å². The van der Waals surface area contributed by atoms with E-state index in [1.165, 1.54) is 48.5 Å². The van der Waals surface area contributed by atoms with Crippen LogP contribution in [0.5, 0.6) is 0 Å². The quantitative estimate of drug-likeness (QED) is 0.276. The number of esters is 1. The van der Waals surface area contributed by atoms with Gasteiger partial charge in [0.1, 0.15) is 12.2 Å². The number of aliphatic hydroxyl groups is 2. The Morgan fingerprint density at radius 3 is 1.85 bits per heavy atom. The molecule has 1 saturated heterocycles. The van der Waals surface area contributed by atoms with Gasteiger partial charge in [-0.25, -0.2) is 4.79 Å². The summed E-state index contributed by atoms with van der Waals surface area (Å²) in [5.74, 6) is -0.952. The number of ether oxygens (including phenoxy) is 2. The average Bonchev–Trinajstić information content (AvgIpc) is 2.92. The molecule has 0 radical (unpaired) electrons. The number of benzene rings is 3. The van der Waals surface area contributed by atoms with E-state index in [9.17, 15) is 31.8 Å². The third-order valence-electron chi connectivity index (χ3n) is 6.13. The molecule has 1 aliphatic rings. The van der Waals surface area contributed by atoms with Crippen LogP contribution in [-0.2, 0) is 38.1 Å². The Morgan fingerprint density at radius 2 is 1.30 bits per heavy atom. The number of hydrogen-bond acceptors (Lipinski definition) is 11. The zero-order valence-electron chi connectivity index (χ0n) is 21.5. The van der Waals surface area contributed by atoms with E-state index in [0.717, 1.165) is 11.1 Å². The second-order valence-electron chi connectivity index (χ2n) is 9.17. The molecule has 0 aliphatic carbocycles. The summed E-state index contributed by atoms with van der Waals surface area (Å²) in [6.07, 6.45) is -9.17. The lowest BCUT2D eigenvalue weighted by Crippen LogP contribution is -2.61. The van der Waals surface area contributed by atoms with Crippen molar-refractivity contribution in [1.82, 2.24) is 0 Å². The third kappa shape index (κ3) is 6.93. The standard InChI is InChI=1S/C27H28O11S2/c1-17-8-12-20(13-9-17)39(31,32)35-16-22-23(28)24(37-26(29)19-6-4-3-5-7-19)25(27(30)36-22)38-40(33,34)21-14-10-18(2)11-15-21/h3-15,22-25,27-28,30H,16H2,1-2H3/t22-,23-,24+,25-,27+/m1/s1. The maximum Gasteiger partial charge on any atom is 0.338 e. The van der Waals surface area contributed by atoms with Gasteiger partial charge in [-0.05, 0) is 50.2 Å². The van der Waals surface area contributed by atoms with Crippen LogP contribution < -0.4 is 0 Å². The fourth-order valence-corrected chi connectivity index (χ4v) is 5.88. The summed E-state index contributed by atoms with van der Waals surface area (Å²) >= 11 is 0. The highest BCUT2D eigenvalue weighted by Crippen LogP contribution is 2.30. The van der Waals surface area contributed by atoms with E-state index < -0.39 is 63.5 Å². The smallest absolute Gasteiger partial charge is 0.338 e. The minimum absolute atomic E-state index is 0.0746. The van der Waals surface area contributed by atoms with Crippen molar-refractivity contribution in [2.75, 3.05) is 6.61 Å². The maximum atomic E-state index is 13.0. The van der Waals surface area contributed by atoms with Crippen molar-refractivity contribution in [2.24, 2.45) is 0 Å². The van der Waals surface area contributed by atoms with Crippen molar-refractivity contribution in [2.45, 2.75) is 54.3 Å². The highest BCUT2D eigenvalue weighted by atomic mass is 32.2. The summed E-state index contributed by atoms with van der Waals surface area (Å²) in [6.45, 7) is 2.75. The predicted molar refractivity (Wildman–Crippen MR) is 140 cm³/mol. The van der Waals surface area contributed by atoms with Crippen molar-refractivity contribution in [3.05, 3.63) is 95.6 Å². The minimum atomic E-state index is -4.53. The molecule has 1 aliphatic heterocycles. The monoisotopic (exact) mass is 592 g/mol. The van der Waals surface area contributed by atoms with Gasteiger partial charge in [-0.15, -0.1) is 0 Å². The molecular weight excluding hydrogens is 564 g/mol. The normalized spacial score (nSPS) is 23.4. The number of hydrogen-bond donors (Lipinski definition) is 2. The van der Waals surface area contributed by atoms with Crippen molar-refractivity contribution in [3.8, 4) is 0 Å². The molecule has 0 bridgehead atoms. The first-order valence-electron chi connectivity index (χ1n) is 12.1. The van der Waals surface area contributed by atoms with Gasteiger partial charge >= 0.3 is 5.97 Å². The van der Waals surface area contributed by atoms with Crippen molar-refractivity contribution in [1.29, 1.82) is 0 Å². The van der Waals surface area contributed by atoms with Crippen molar-refractivity contribution in [3.63, 3.8) is 0 Å². The van der Waals surface area contributed by atoms with Crippen LogP contribution in [0.3, 0.4) is 0 Å². The lowest BCUT2D eigenvalue weighted by Gasteiger charge is -2.41. The second-order valence-corrected chi connectivity index (χ2v) is 12.4. The zero-order valence-corrected chi connectivity index (χ0v) is 23.1. The summed E-state index contributed by atoms with van der Waals surface area (Å²) < 4.78 is 72.2. The van der Waals surface area contributed by atoms with Gasteiger partial charge in [0.05, 0.1) is 22.0 Å². The lowest BCUT2D eigenvalue weighted by molar-refractivity contribution is -0.277. The SMILES string of the molecule is Cc1ccc(S(=O)(=O)OC[C@H]2O[C@H](O)[C@H](OS(=O)(=O)c3ccc(C)cc3)[C@@H](OC(=O)c3ccccc3)[C@@H]2O)cc1. The Hall–Kier alpha value is -3.17. The molecule has 0 aromatic heterocycles. The Bertz CT molecular complexity index is 1520. The summed E-state index contributed by atoms with van der Waals surface area (Å²) in [7, 11) is -8.82. The van der Waals surface area contributed by atoms with Gasteiger partial charge in [0.25, 0.3) is 20.2 Å². The Labute approximate surface area is 232 Å². The zero-order chi connectivity index (χ0) is 29.1. The van der Waals surface area contributed by atoms with Crippen molar-refractivity contribution >= 4 is 26.2 Å². The number of aryl methyl sites for hydroxylation is 2. The van der Waals surface area contributed by atoms with Crippen LogP contribution in [0.15, 0.2) is 88.7 Å². The second kappa shape index (κ2) is 12.1. The molecule has 3 aromatic rings. The Morgan fingerprint density at radius 1 is 0.775 bits per heavy atom. The minimum Gasteiger partial charge on any atom is -0.453 e. The summed E-state index contributed by atoms with van der Waals surface area (Å²) in [6, 6.07) is 19.1. The molecule has 4 rings (SSSR count). The van der Waals surface area contributed by atoms with E-state index in [4.69, 9.17) is 17.8 Å².